The smallest absolute Gasteiger partial charge is 0.308 e. The van der Waals surface area contributed by atoms with Crippen LogP contribution < -0.4 is 4.74 Å². The van der Waals surface area contributed by atoms with Gasteiger partial charge in [-0.25, -0.2) is 4.98 Å². The van der Waals surface area contributed by atoms with Crippen LogP contribution in [-0.2, 0) is 0 Å². The van der Waals surface area contributed by atoms with Crippen molar-refractivity contribution in [2.45, 2.75) is 12.8 Å². The van der Waals surface area contributed by atoms with E-state index in [1.165, 1.54) is 25.4 Å². The Bertz CT molecular complexity index is 347. The number of ketones is 1. The van der Waals surface area contributed by atoms with Crippen molar-refractivity contribution in [3.63, 3.8) is 0 Å². The molecule has 0 aliphatic carbocycles. The summed E-state index contributed by atoms with van der Waals surface area (Å²) in [4.78, 5) is 14.7. The van der Waals surface area contributed by atoms with Crippen LogP contribution in [0.2, 0.25) is 0 Å². The fraction of sp³-hybridized carbons (Fsp3) is 0.333. The standard InChI is InChI=1S/C9H9F2NO2/c1-9(10,11)8(13)7-6(14-2)4-3-5-12-7/h3-5H,1-2H3. The first-order valence-electron chi connectivity index (χ1n) is 3.88. The third-order valence-corrected chi connectivity index (χ3v) is 1.60. The summed E-state index contributed by atoms with van der Waals surface area (Å²) in [5, 5.41) is 0. The van der Waals surface area contributed by atoms with Gasteiger partial charge in [-0.15, -0.1) is 0 Å². The lowest BCUT2D eigenvalue weighted by Gasteiger charge is -2.10. The zero-order valence-corrected chi connectivity index (χ0v) is 7.75. The number of hydrogen-bond acceptors (Lipinski definition) is 3. The molecule has 1 rings (SSSR count). The maximum absolute atomic E-state index is 12.7. The van der Waals surface area contributed by atoms with Crippen molar-refractivity contribution in [3.8, 4) is 5.75 Å². The zero-order valence-electron chi connectivity index (χ0n) is 7.75. The van der Waals surface area contributed by atoms with Crippen molar-refractivity contribution in [3.05, 3.63) is 24.0 Å². The number of ether oxygens (including phenoxy) is 1. The highest BCUT2D eigenvalue weighted by Crippen LogP contribution is 2.23. The second-order valence-electron chi connectivity index (χ2n) is 2.77. The molecule has 14 heavy (non-hydrogen) atoms. The van der Waals surface area contributed by atoms with Crippen LogP contribution in [-0.4, -0.2) is 23.8 Å². The Morgan fingerprint density at radius 1 is 1.57 bits per heavy atom. The summed E-state index contributed by atoms with van der Waals surface area (Å²) >= 11 is 0. The Kier molecular flexibility index (Phi) is 2.78. The molecule has 0 radical (unpaired) electrons. The van der Waals surface area contributed by atoms with E-state index in [1.807, 2.05) is 0 Å². The maximum atomic E-state index is 12.7. The van der Waals surface area contributed by atoms with E-state index in [0.717, 1.165) is 0 Å². The van der Waals surface area contributed by atoms with Crippen LogP contribution in [0, 0.1) is 0 Å². The average Bonchev–Trinajstić information content (AvgIpc) is 2.15. The molecule has 0 saturated heterocycles. The van der Waals surface area contributed by atoms with Crippen molar-refractivity contribution >= 4 is 5.78 Å². The fourth-order valence-electron chi connectivity index (χ4n) is 0.934. The SMILES string of the molecule is COc1cccnc1C(=O)C(C)(F)F. The number of methoxy groups -OCH3 is 1. The number of Topliss-reactive ketones (excluding diaryl/α,β-unsaturated/α-hetero) is 1. The van der Waals surface area contributed by atoms with Crippen molar-refractivity contribution < 1.29 is 18.3 Å². The Morgan fingerprint density at radius 3 is 2.71 bits per heavy atom. The molecule has 1 aromatic heterocycles. The molecule has 1 aromatic rings. The molecule has 1 heterocycles. The van der Waals surface area contributed by atoms with Gasteiger partial charge < -0.3 is 4.74 Å². The van der Waals surface area contributed by atoms with Gasteiger partial charge in [-0.05, 0) is 12.1 Å². The normalized spacial score (nSPS) is 11.1. The molecule has 0 aromatic carbocycles. The number of aromatic nitrogens is 1. The second-order valence-corrected chi connectivity index (χ2v) is 2.77. The molecule has 0 saturated carbocycles. The predicted octanol–water partition coefficient (Wildman–Crippen LogP) is 1.93. The van der Waals surface area contributed by atoms with E-state index in [4.69, 9.17) is 4.74 Å². The largest absolute Gasteiger partial charge is 0.494 e. The summed E-state index contributed by atoms with van der Waals surface area (Å²) < 4.78 is 30.1. The second kappa shape index (κ2) is 3.69. The third kappa shape index (κ3) is 2.04. The van der Waals surface area contributed by atoms with Crippen molar-refractivity contribution in [2.75, 3.05) is 7.11 Å². The van der Waals surface area contributed by atoms with Crippen LogP contribution in [0.4, 0.5) is 8.78 Å². The quantitative estimate of drug-likeness (QED) is 0.701. The van der Waals surface area contributed by atoms with Gasteiger partial charge in [0, 0.05) is 13.1 Å². The first-order valence-corrected chi connectivity index (χ1v) is 3.88. The van der Waals surface area contributed by atoms with Crippen molar-refractivity contribution in [1.82, 2.24) is 4.98 Å². The highest BCUT2D eigenvalue weighted by molar-refractivity contribution is 6.01. The number of pyridine rings is 1. The summed E-state index contributed by atoms with van der Waals surface area (Å²) in [6.07, 6.45) is 1.27. The van der Waals surface area contributed by atoms with Gasteiger partial charge in [-0.3, -0.25) is 4.79 Å². The molecule has 0 fully saturated rings. The number of carbonyl (C=O) groups excluding carboxylic acids is 1. The van der Waals surface area contributed by atoms with Crippen LogP contribution in [0.1, 0.15) is 17.4 Å². The molecule has 0 unspecified atom stereocenters. The van der Waals surface area contributed by atoms with E-state index in [2.05, 4.69) is 4.98 Å². The highest BCUT2D eigenvalue weighted by atomic mass is 19.3. The molecule has 5 heteroatoms. The van der Waals surface area contributed by atoms with Gasteiger partial charge >= 0.3 is 5.92 Å². The van der Waals surface area contributed by atoms with Gasteiger partial charge in [0.1, 0.15) is 5.75 Å². The van der Waals surface area contributed by atoms with Crippen LogP contribution in [0.15, 0.2) is 18.3 Å². The summed E-state index contributed by atoms with van der Waals surface area (Å²) in [5.41, 5.74) is -0.345. The number of halogens is 2. The van der Waals surface area contributed by atoms with Gasteiger partial charge in [0.2, 0.25) is 0 Å². The van der Waals surface area contributed by atoms with Gasteiger partial charge in [-0.2, -0.15) is 8.78 Å². The Hall–Kier alpha value is -1.52. The maximum Gasteiger partial charge on any atom is 0.308 e. The minimum absolute atomic E-state index is 0.0547. The summed E-state index contributed by atoms with van der Waals surface area (Å²) in [7, 11) is 1.29. The lowest BCUT2D eigenvalue weighted by atomic mass is 10.1. The van der Waals surface area contributed by atoms with Gasteiger partial charge in [0.25, 0.3) is 5.78 Å². The Labute approximate surface area is 79.7 Å². The van der Waals surface area contributed by atoms with E-state index in [1.54, 1.807) is 0 Å². The third-order valence-electron chi connectivity index (χ3n) is 1.60. The van der Waals surface area contributed by atoms with E-state index in [0.29, 0.717) is 6.92 Å². The predicted molar refractivity (Wildman–Crippen MR) is 45.7 cm³/mol. The molecule has 0 aliphatic heterocycles. The molecular weight excluding hydrogens is 192 g/mol. The van der Waals surface area contributed by atoms with Crippen LogP contribution in [0.3, 0.4) is 0 Å². The van der Waals surface area contributed by atoms with Gasteiger partial charge in [-0.1, -0.05) is 0 Å². The number of hydrogen-bond donors (Lipinski definition) is 0. The Morgan fingerprint density at radius 2 is 2.21 bits per heavy atom. The van der Waals surface area contributed by atoms with E-state index in [-0.39, 0.29) is 11.4 Å². The van der Waals surface area contributed by atoms with Crippen LogP contribution >= 0.6 is 0 Å². The monoisotopic (exact) mass is 201 g/mol. The first-order chi connectivity index (χ1) is 6.46. The minimum Gasteiger partial charge on any atom is -0.494 e. The summed E-state index contributed by atoms with van der Waals surface area (Å²) in [6, 6.07) is 2.91. The van der Waals surface area contributed by atoms with Crippen molar-refractivity contribution in [1.29, 1.82) is 0 Å². The number of rotatable bonds is 3. The minimum atomic E-state index is -3.43. The zero-order chi connectivity index (χ0) is 10.8. The first kappa shape index (κ1) is 10.6. The molecule has 76 valence electrons. The molecule has 0 N–H and O–H groups in total. The molecular formula is C9H9F2NO2. The molecule has 0 spiro atoms. The number of alkyl halides is 2. The molecule has 0 atom stereocenters. The van der Waals surface area contributed by atoms with Crippen molar-refractivity contribution in [2.24, 2.45) is 0 Å². The Balaban J connectivity index is 3.13. The molecule has 0 bridgehead atoms. The molecule has 0 amide bonds. The van der Waals surface area contributed by atoms with E-state index >= 15 is 0 Å². The number of nitrogens with zero attached hydrogens (tertiary/aromatic N) is 1. The summed E-state index contributed by atoms with van der Waals surface area (Å²) in [6.45, 7) is 0.531. The topological polar surface area (TPSA) is 39.2 Å². The average molecular weight is 201 g/mol. The van der Waals surface area contributed by atoms with Crippen LogP contribution in [0.25, 0.3) is 0 Å². The fourth-order valence-corrected chi connectivity index (χ4v) is 0.934. The lowest BCUT2D eigenvalue weighted by Crippen LogP contribution is -2.25. The number of carbonyl (C=O) groups is 1. The highest BCUT2D eigenvalue weighted by Gasteiger charge is 2.36. The summed E-state index contributed by atoms with van der Waals surface area (Å²) in [5.74, 6) is -4.71. The van der Waals surface area contributed by atoms with E-state index in [9.17, 15) is 13.6 Å². The van der Waals surface area contributed by atoms with Crippen LogP contribution in [0.5, 0.6) is 5.75 Å². The molecule has 3 nitrogen and oxygen atoms in total. The van der Waals surface area contributed by atoms with Gasteiger partial charge in [0.15, 0.2) is 5.69 Å². The molecule has 0 aliphatic rings. The van der Waals surface area contributed by atoms with Gasteiger partial charge in [0.05, 0.1) is 7.11 Å². The van der Waals surface area contributed by atoms with E-state index < -0.39 is 11.7 Å². The lowest BCUT2D eigenvalue weighted by molar-refractivity contribution is 0.0213.